The van der Waals surface area contributed by atoms with Crippen molar-refractivity contribution in [3.63, 3.8) is 0 Å². The first-order valence-corrected chi connectivity index (χ1v) is 7.19. The average molecular weight is 282 g/mol. The molecule has 21 heavy (non-hydrogen) atoms. The summed E-state index contributed by atoms with van der Waals surface area (Å²) >= 11 is 0. The van der Waals surface area contributed by atoms with E-state index in [0.717, 1.165) is 37.2 Å². The second kappa shape index (κ2) is 5.91. The predicted octanol–water partition coefficient (Wildman–Crippen LogP) is 2.64. The van der Waals surface area contributed by atoms with Crippen molar-refractivity contribution in [3.8, 4) is 0 Å². The highest BCUT2D eigenvalue weighted by molar-refractivity contribution is 6.03. The Hall–Kier alpha value is -2.43. The van der Waals surface area contributed by atoms with Crippen LogP contribution in [0.2, 0.25) is 0 Å². The molecule has 1 fully saturated rings. The van der Waals surface area contributed by atoms with Gasteiger partial charge in [-0.1, -0.05) is 18.2 Å². The summed E-state index contributed by atoms with van der Waals surface area (Å²) in [6, 6.07) is 9.34. The third kappa shape index (κ3) is 3.02. The highest BCUT2D eigenvalue weighted by Crippen LogP contribution is 2.17. The molecular weight excluding hydrogens is 264 g/mol. The van der Waals surface area contributed by atoms with Crippen LogP contribution >= 0.6 is 0 Å². The van der Waals surface area contributed by atoms with Gasteiger partial charge in [0.25, 0.3) is 5.91 Å². The molecule has 108 valence electrons. The molecule has 0 atom stereocenters. The van der Waals surface area contributed by atoms with Crippen LogP contribution in [0.3, 0.4) is 0 Å². The molecule has 0 bridgehead atoms. The second-order valence-electron chi connectivity index (χ2n) is 5.21. The summed E-state index contributed by atoms with van der Waals surface area (Å²) in [6.07, 6.45) is 3.96. The lowest BCUT2D eigenvalue weighted by Gasteiger charge is -2.15. The normalized spacial score (nSPS) is 14.2. The quantitative estimate of drug-likeness (QED) is 0.940. The Morgan fingerprint density at radius 1 is 1.19 bits per heavy atom. The van der Waals surface area contributed by atoms with Crippen LogP contribution in [0.5, 0.6) is 0 Å². The standard InChI is InChI=1S/C16H18N4O/c1-12-6-2-3-7-13(12)18-15(21)14-8-9-17-16(19-14)20-10-4-5-11-20/h2-3,6-9H,4-5,10-11H2,1H3,(H,18,21). The van der Waals surface area contributed by atoms with Crippen molar-refractivity contribution in [1.29, 1.82) is 0 Å². The van der Waals surface area contributed by atoms with E-state index in [0.29, 0.717) is 11.6 Å². The van der Waals surface area contributed by atoms with Crippen molar-refractivity contribution < 1.29 is 4.79 Å². The van der Waals surface area contributed by atoms with E-state index >= 15 is 0 Å². The molecule has 1 saturated heterocycles. The molecule has 1 aliphatic heterocycles. The summed E-state index contributed by atoms with van der Waals surface area (Å²) < 4.78 is 0. The average Bonchev–Trinajstić information content (AvgIpc) is 3.04. The molecule has 1 aliphatic rings. The number of aromatic nitrogens is 2. The van der Waals surface area contributed by atoms with Gasteiger partial charge >= 0.3 is 0 Å². The molecule has 1 aromatic carbocycles. The van der Waals surface area contributed by atoms with Crippen molar-refractivity contribution in [1.82, 2.24) is 9.97 Å². The Labute approximate surface area is 124 Å². The zero-order chi connectivity index (χ0) is 14.7. The van der Waals surface area contributed by atoms with Crippen molar-refractivity contribution in [2.75, 3.05) is 23.3 Å². The molecule has 0 spiro atoms. The first-order valence-electron chi connectivity index (χ1n) is 7.19. The Balaban J connectivity index is 1.78. The molecule has 0 saturated carbocycles. The SMILES string of the molecule is Cc1ccccc1NC(=O)c1ccnc(N2CCCC2)n1. The van der Waals surface area contributed by atoms with E-state index < -0.39 is 0 Å². The lowest BCUT2D eigenvalue weighted by molar-refractivity contribution is 0.102. The van der Waals surface area contributed by atoms with Crippen LogP contribution in [0.25, 0.3) is 0 Å². The van der Waals surface area contributed by atoms with Gasteiger partial charge in [0, 0.05) is 25.0 Å². The minimum Gasteiger partial charge on any atom is -0.341 e. The highest BCUT2D eigenvalue weighted by atomic mass is 16.1. The van der Waals surface area contributed by atoms with E-state index in [4.69, 9.17) is 0 Å². The van der Waals surface area contributed by atoms with E-state index in [1.54, 1.807) is 12.3 Å². The first-order chi connectivity index (χ1) is 10.2. The molecule has 1 amide bonds. The van der Waals surface area contributed by atoms with Crippen LogP contribution in [-0.2, 0) is 0 Å². The number of rotatable bonds is 3. The number of benzene rings is 1. The van der Waals surface area contributed by atoms with Gasteiger partial charge in [-0.05, 0) is 37.5 Å². The number of amides is 1. The fourth-order valence-electron chi connectivity index (χ4n) is 2.44. The highest BCUT2D eigenvalue weighted by Gasteiger charge is 2.17. The fourth-order valence-corrected chi connectivity index (χ4v) is 2.44. The third-order valence-electron chi connectivity index (χ3n) is 3.66. The van der Waals surface area contributed by atoms with Gasteiger partial charge in [-0.25, -0.2) is 9.97 Å². The van der Waals surface area contributed by atoms with E-state index in [1.165, 1.54) is 0 Å². The van der Waals surface area contributed by atoms with Gasteiger partial charge in [0.05, 0.1) is 0 Å². The van der Waals surface area contributed by atoms with Gasteiger partial charge < -0.3 is 10.2 Å². The number of nitrogens with zero attached hydrogens (tertiary/aromatic N) is 3. The number of carbonyl (C=O) groups is 1. The minimum atomic E-state index is -0.202. The molecule has 0 radical (unpaired) electrons. The second-order valence-corrected chi connectivity index (χ2v) is 5.21. The summed E-state index contributed by atoms with van der Waals surface area (Å²) in [5.41, 5.74) is 2.23. The van der Waals surface area contributed by atoms with Crippen LogP contribution in [0.1, 0.15) is 28.9 Å². The Morgan fingerprint density at radius 3 is 2.71 bits per heavy atom. The summed E-state index contributed by atoms with van der Waals surface area (Å²) in [7, 11) is 0. The van der Waals surface area contributed by atoms with E-state index in [9.17, 15) is 4.79 Å². The van der Waals surface area contributed by atoms with Gasteiger partial charge in [0.15, 0.2) is 0 Å². The third-order valence-corrected chi connectivity index (χ3v) is 3.66. The van der Waals surface area contributed by atoms with Gasteiger partial charge in [0.2, 0.25) is 5.95 Å². The number of hydrogen-bond acceptors (Lipinski definition) is 4. The number of hydrogen-bond donors (Lipinski definition) is 1. The van der Waals surface area contributed by atoms with Crippen molar-refractivity contribution >= 4 is 17.5 Å². The van der Waals surface area contributed by atoms with E-state index in [-0.39, 0.29) is 5.91 Å². The molecule has 0 unspecified atom stereocenters. The minimum absolute atomic E-state index is 0.202. The van der Waals surface area contributed by atoms with E-state index in [2.05, 4.69) is 20.2 Å². The summed E-state index contributed by atoms with van der Waals surface area (Å²) in [6.45, 7) is 3.89. The lowest BCUT2D eigenvalue weighted by Crippen LogP contribution is -2.22. The molecule has 1 aromatic heterocycles. The van der Waals surface area contributed by atoms with Crippen molar-refractivity contribution in [3.05, 3.63) is 47.8 Å². The van der Waals surface area contributed by atoms with E-state index in [1.807, 2.05) is 31.2 Å². The predicted molar refractivity (Wildman–Crippen MR) is 82.6 cm³/mol. The van der Waals surface area contributed by atoms with Gasteiger partial charge in [-0.2, -0.15) is 0 Å². The topological polar surface area (TPSA) is 58.1 Å². The van der Waals surface area contributed by atoms with Gasteiger partial charge in [-0.3, -0.25) is 4.79 Å². The molecule has 0 aliphatic carbocycles. The molecule has 1 N–H and O–H groups in total. The smallest absolute Gasteiger partial charge is 0.274 e. The monoisotopic (exact) mass is 282 g/mol. The maximum Gasteiger partial charge on any atom is 0.274 e. The number of nitrogens with one attached hydrogen (secondary N) is 1. The first kappa shape index (κ1) is 13.5. The van der Waals surface area contributed by atoms with Gasteiger partial charge in [-0.15, -0.1) is 0 Å². The number of para-hydroxylation sites is 1. The Bertz CT molecular complexity index is 650. The van der Waals surface area contributed by atoms with Gasteiger partial charge in [0.1, 0.15) is 5.69 Å². The Kier molecular flexibility index (Phi) is 3.81. The van der Waals surface area contributed by atoms with Crippen molar-refractivity contribution in [2.45, 2.75) is 19.8 Å². The molecule has 2 aromatic rings. The van der Waals surface area contributed by atoms with Crippen LogP contribution in [-0.4, -0.2) is 29.0 Å². The molecule has 2 heterocycles. The molecule has 5 nitrogen and oxygen atoms in total. The largest absolute Gasteiger partial charge is 0.341 e. The number of anilines is 2. The Morgan fingerprint density at radius 2 is 1.95 bits per heavy atom. The zero-order valence-corrected chi connectivity index (χ0v) is 12.0. The molecular formula is C16H18N4O. The summed E-state index contributed by atoms with van der Waals surface area (Å²) in [4.78, 5) is 23.1. The van der Waals surface area contributed by atoms with Crippen LogP contribution in [0, 0.1) is 6.92 Å². The van der Waals surface area contributed by atoms with Crippen LogP contribution < -0.4 is 10.2 Å². The number of aryl methyl sites for hydroxylation is 1. The van der Waals surface area contributed by atoms with Crippen LogP contribution in [0.4, 0.5) is 11.6 Å². The summed E-state index contributed by atoms with van der Waals surface area (Å²) in [5.74, 6) is 0.442. The summed E-state index contributed by atoms with van der Waals surface area (Å²) in [5, 5.41) is 2.90. The zero-order valence-electron chi connectivity index (χ0n) is 12.0. The maximum atomic E-state index is 12.3. The molecule has 3 rings (SSSR count). The molecule has 5 heteroatoms. The fraction of sp³-hybridized carbons (Fsp3) is 0.312. The number of carbonyl (C=O) groups excluding carboxylic acids is 1. The maximum absolute atomic E-state index is 12.3. The van der Waals surface area contributed by atoms with Crippen molar-refractivity contribution in [2.24, 2.45) is 0 Å². The van der Waals surface area contributed by atoms with Crippen LogP contribution in [0.15, 0.2) is 36.5 Å². The lowest BCUT2D eigenvalue weighted by atomic mass is 10.2.